The van der Waals surface area contributed by atoms with Crippen LogP contribution in [0.25, 0.3) is 11.3 Å². The molecule has 0 saturated heterocycles. The molecule has 1 atom stereocenters. The highest BCUT2D eigenvalue weighted by Gasteiger charge is 2.42. The van der Waals surface area contributed by atoms with Crippen LogP contribution in [-0.4, -0.2) is 60.1 Å². The number of carbonyl (C=O) groups is 1. The molecular formula is C25H29N3O5. The van der Waals surface area contributed by atoms with Crippen LogP contribution in [0.5, 0.6) is 17.2 Å². The molecule has 33 heavy (non-hydrogen) atoms. The van der Waals surface area contributed by atoms with Crippen molar-refractivity contribution < 1.29 is 24.1 Å². The molecule has 1 aromatic heterocycles. The van der Waals surface area contributed by atoms with Crippen molar-refractivity contribution in [3.63, 3.8) is 0 Å². The molecule has 0 spiro atoms. The molecule has 4 rings (SSSR count). The normalized spacial score (nSPS) is 15.2. The summed E-state index contributed by atoms with van der Waals surface area (Å²) in [5.41, 5.74) is 3.08. The van der Waals surface area contributed by atoms with Gasteiger partial charge in [0.25, 0.3) is 5.91 Å². The number of phenols is 1. The zero-order valence-corrected chi connectivity index (χ0v) is 19.3. The van der Waals surface area contributed by atoms with Crippen LogP contribution in [0.3, 0.4) is 0 Å². The maximum absolute atomic E-state index is 13.3. The van der Waals surface area contributed by atoms with Gasteiger partial charge in [0, 0.05) is 24.8 Å². The highest BCUT2D eigenvalue weighted by atomic mass is 16.5. The van der Waals surface area contributed by atoms with Crippen molar-refractivity contribution in [1.29, 1.82) is 0 Å². The SMILES string of the molecule is COCCN1C(=O)c2[nH]nc(-c3ccccc3O)c2C1c1ccc(OCC(C)C)c(OC)c1. The van der Waals surface area contributed by atoms with E-state index in [0.717, 1.165) is 11.1 Å². The van der Waals surface area contributed by atoms with Gasteiger partial charge in [-0.2, -0.15) is 5.10 Å². The first-order valence-corrected chi connectivity index (χ1v) is 10.9. The van der Waals surface area contributed by atoms with Crippen LogP contribution in [-0.2, 0) is 4.74 Å². The molecule has 1 unspecified atom stereocenters. The van der Waals surface area contributed by atoms with Crippen LogP contribution in [0.1, 0.15) is 41.5 Å². The molecule has 1 amide bonds. The standard InChI is InChI=1S/C25H29N3O5/c1-15(2)14-33-19-10-9-16(13-20(19)32-4)24-21-22(17-7-5-6-8-18(17)29)26-27-23(21)25(30)28(24)11-12-31-3/h5-10,13,15,24,29H,11-12,14H2,1-4H3,(H,26,27). The van der Waals surface area contributed by atoms with Gasteiger partial charge in [0.15, 0.2) is 11.5 Å². The van der Waals surface area contributed by atoms with E-state index in [2.05, 4.69) is 24.0 Å². The molecule has 8 heteroatoms. The molecule has 8 nitrogen and oxygen atoms in total. The van der Waals surface area contributed by atoms with Gasteiger partial charge in [-0.15, -0.1) is 0 Å². The zero-order valence-electron chi connectivity index (χ0n) is 19.3. The number of hydrogen-bond acceptors (Lipinski definition) is 6. The first-order chi connectivity index (χ1) is 16.0. The largest absolute Gasteiger partial charge is 0.507 e. The highest BCUT2D eigenvalue weighted by molar-refractivity contribution is 6.00. The number of ether oxygens (including phenoxy) is 3. The molecular weight excluding hydrogens is 422 g/mol. The Kier molecular flexibility index (Phi) is 6.55. The average molecular weight is 452 g/mol. The minimum atomic E-state index is -0.427. The third-order valence-corrected chi connectivity index (χ3v) is 5.63. The molecule has 2 N–H and O–H groups in total. The second-order valence-electron chi connectivity index (χ2n) is 8.39. The van der Waals surface area contributed by atoms with Crippen LogP contribution < -0.4 is 9.47 Å². The molecule has 0 fully saturated rings. The van der Waals surface area contributed by atoms with E-state index in [1.165, 1.54) is 0 Å². The van der Waals surface area contributed by atoms with E-state index in [9.17, 15) is 9.90 Å². The first kappa shape index (κ1) is 22.7. The summed E-state index contributed by atoms with van der Waals surface area (Å²) in [5.74, 6) is 1.55. The van der Waals surface area contributed by atoms with Gasteiger partial charge in [0.2, 0.25) is 0 Å². The fourth-order valence-electron chi connectivity index (χ4n) is 4.07. The van der Waals surface area contributed by atoms with Gasteiger partial charge in [0.05, 0.1) is 26.4 Å². The number of fused-ring (bicyclic) bond motifs is 1. The summed E-state index contributed by atoms with van der Waals surface area (Å²) in [4.78, 5) is 15.0. The predicted molar refractivity (Wildman–Crippen MR) is 124 cm³/mol. The quantitative estimate of drug-likeness (QED) is 0.510. The Labute approximate surface area is 193 Å². The van der Waals surface area contributed by atoms with Crippen molar-refractivity contribution in [2.45, 2.75) is 19.9 Å². The third-order valence-electron chi connectivity index (χ3n) is 5.63. The summed E-state index contributed by atoms with van der Waals surface area (Å²) in [7, 11) is 3.20. The van der Waals surface area contributed by atoms with Crippen molar-refractivity contribution in [1.82, 2.24) is 15.1 Å². The van der Waals surface area contributed by atoms with Crippen LogP contribution >= 0.6 is 0 Å². The number of aromatic hydroxyl groups is 1. The molecule has 1 aliphatic heterocycles. The molecule has 174 valence electrons. The van der Waals surface area contributed by atoms with Crippen molar-refractivity contribution in [3.05, 3.63) is 59.3 Å². The lowest BCUT2D eigenvalue weighted by Crippen LogP contribution is -2.32. The van der Waals surface area contributed by atoms with E-state index in [-0.39, 0.29) is 11.7 Å². The molecule has 3 aromatic rings. The minimum absolute atomic E-state index is 0.100. The number of hydrogen-bond donors (Lipinski definition) is 2. The molecule has 1 aliphatic rings. The second kappa shape index (κ2) is 9.54. The summed E-state index contributed by atoms with van der Waals surface area (Å²) >= 11 is 0. The third kappa shape index (κ3) is 4.26. The Bertz CT molecular complexity index is 1140. The molecule has 0 bridgehead atoms. The van der Waals surface area contributed by atoms with E-state index >= 15 is 0 Å². The summed E-state index contributed by atoms with van der Waals surface area (Å²) in [6.45, 7) is 5.52. The topological polar surface area (TPSA) is 96.9 Å². The van der Waals surface area contributed by atoms with Crippen molar-refractivity contribution in [2.24, 2.45) is 5.92 Å². The summed E-state index contributed by atoms with van der Waals surface area (Å²) < 4.78 is 16.8. The van der Waals surface area contributed by atoms with E-state index in [0.29, 0.717) is 54.1 Å². The van der Waals surface area contributed by atoms with Gasteiger partial charge >= 0.3 is 0 Å². The number of rotatable bonds is 9. The number of carbonyl (C=O) groups excluding carboxylic acids is 1. The number of aromatic nitrogens is 2. The Morgan fingerprint density at radius 2 is 1.94 bits per heavy atom. The lowest BCUT2D eigenvalue weighted by atomic mass is 9.95. The average Bonchev–Trinajstić information content (AvgIpc) is 3.35. The fourth-order valence-corrected chi connectivity index (χ4v) is 4.07. The highest BCUT2D eigenvalue weighted by Crippen LogP contribution is 2.45. The van der Waals surface area contributed by atoms with Gasteiger partial charge in [0.1, 0.15) is 17.1 Å². The van der Waals surface area contributed by atoms with E-state index in [1.54, 1.807) is 37.3 Å². The van der Waals surface area contributed by atoms with Gasteiger partial charge < -0.3 is 24.2 Å². The lowest BCUT2D eigenvalue weighted by molar-refractivity contribution is 0.0677. The van der Waals surface area contributed by atoms with Crippen molar-refractivity contribution in [2.75, 3.05) is 34.0 Å². The maximum atomic E-state index is 13.3. The van der Waals surface area contributed by atoms with Crippen molar-refractivity contribution in [3.8, 4) is 28.5 Å². The van der Waals surface area contributed by atoms with Gasteiger partial charge in [-0.25, -0.2) is 0 Å². The number of benzene rings is 2. The summed E-state index contributed by atoms with van der Waals surface area (Å²) in [6.07, 6.45) is 0. The number of amides is 1. The lowest BCUT2D eigenvalue weighted by Gasteiger charge is -2.27. The number of nitrogens with zero attached hydrogens (tertiary/aromatic N) is 2. The Balaban J connectivity index is 1.82. The Morgan fingerprint density at radius 3 is 2.64 bits per heavy atom. The van der Waals surface area contributed by atoms with E-state index in [4.69, 9.17) is 14.2 Å². The van der Waals surface area contributed by atoms with Crippen molar-refractivity contribution >= 4 is 5.91 Å². The zero-order chi connectivity index (χ0) is 23.5. The summed E-state index contributed by atoms with van der Waals surface area (Å²) in [5, 5.41) is 17.7. The van der Waals surface area contributed by atoms with Crippen LogP contribution in [0.2, 0.25) is 0 Å². The van der Waals surface area contributed by atoms with Crippen LogP contribution in [0.15, 0.2) is 42.5 Å². The number of phenolic OH excluding ortho intramolecular Hbond substituents is 1. The van der Waals surface area contributed by atoms with Gasteiger partial charge in [-0.05, 0) is 35.7 Å². The van der Waals surface area contributed by atoms with Crippen LogP contribution in [0.4, 0.5) is 0 Å². The minimum Gasteiger partial charge on any atom is -0.507 e. The molecule has 2 aromatic carbocycles. The molecule has 2 heterocycles. The number of aromatic amines is 1. The number of H-pyrrole nitrogens is 1. The number of nitrogens with one attached hydrogen (secondary N) is 1. The fraction of sp³-hybridized carbons (Fsp3) is 0.360. The number of methoxy groups -OCH3 is 2. The van der Waals surface area contributed by atoms with E-state index < -0.39 is 6.04 Å². The smallest absolute Gasteiger partial charge is 0.273 e. The molecule has 0 saturated carbocycles. The number of para-hydroxylation sites is 1. The Morgan fingerprint density at radius 1 is 1.15 bits per heavy atom. The van der Waals surface area contributed by atoms with E-state index in [1.807, 2.05) is 24.3 Å². The second-order valence-corrected chi connectivity index (χ2v) is 8.39. The summed E-state index contributed by atoms with van der Waals surface area (Å²) in [6, 6.07) is 12.2. The molecule has 0 radical (unpaired) electrons. The monoisotopic (exact) mass is 451 g/mol. The first-order valence-electron chi connectivity index (χ1n) is 10.9. The Hall–Kier alpha value is -3.52. The maximum Gasteiger partial charge on any atom is 0.273 e. The molecule has 0 aliphatic carbocycles. The van der Waals surface area contributed by atoms with Gasteiger partial charge in [-0.3, -0.25) is 9.89 Å². The predicted octanol–water partition coefficient (Wildman–Crippen LogP) is 4.02. The van der Waals surface area contributed by atoms with Crippen LogP contribution in [0, 0.1) is 5.92 Å². The van der Waals surface area contributed by atoms with Gasteiger partial charge in [-0.1, -0.05) is 32.0 Å².